The number of aromatic nitrogens is 1. The molecule has 0 bridgehead atoms. The van der Waals surface area contributed by atoms with Crippen LogP contribution in [-0.4, -0.2) is 45.6 Å². The molecule has 0 unspecified atom stereocenters. The molecule has 5 rings (SSSR count). The molecule has 0 saturated heterocycles. The van der Waals surface area contributed by atoms with Crippen LogP contribution in [0, 0.1) is 0 Å². The number of carboxylic acid groups (broad SMARTS) is 1. The van der Waals surface area contributed by atoms with Crippen LogP contribution in [0.15, 0.2) is 96.8 Å². The summed E-state index contributed by atoms with van der Waals surface area (Å²) in [6, 6.07) is 21.0. The summed E-state index contributed by atoms with van der Waals surface area (Å²) < 4.78 is 0. The molecule has 0 fully saturated rings. The number of nitrogens with one attached hydrogen (secondary N) is 3. The topological polar surface area (TPSA) is 128 Å². The van der Waals surface area contributed by atoms with Crippen LogP contribution in [0.25, 0.3) is 10.9 Å². The van der Waals surface area contributed by atoms with Crippen LogP contribution in [0.5, 0.6) is 0 Å². The number of ketones is 2. The normalized spacial score (nSPS) is 14.4. The molecule has 1 aromatic heterocycles. The lowest BCUT2D eigenvalue weighted by molar-refractivity contribution is -0.142. The van der Waals surface area contributed by atoms with E-state index in [0.29, 0.717) is 5.56 Å². The Morgan fingerprint density at radius 2 is 1.50 bits per heavy atom. The van der Waals surface area contributed by atoms with Gasteiger partial charge in [0.2, 0.25) is 11.7 Å². The van der Waals surface area contributed by atoms with E-state index in [0.717, 1.165) is 22.0 Å². The zero-order chi connectivity index (χ0) is 26.6. The summed E-state index contributed by atoms with van der Waals surface area (Å²) in [7, 11) is 0. The predicted molar refractivity (Wildman–Crippen MR) is 142 cm³/mol. The molecule has 4 aromatic rings. The summed E-state index contributed by atoms with van der Waals surface area (Å²) in [6.45, 7) is 0. The molecule has 4 N–H and O–H groups in total. The van der Waals surface area contributed by atoms with Gasteiger partial charge in [-0.1, -0.05) is 72.8 Å². The molecule has 0 aliphatic heterocycles. The second kappa shape index (κ2) is 10.6. The summed E-state index contributed by atoms with van der Waals surface area (Å²) in [4.78, 5) is 54.5. The van der Waals surface area contributed by atoms with Crippen molar-refractivity contribution in [2.24, 2.45) is 0 Å². The van der Waals surface area contributed by atoms with E-state index in [4.69, 9.17) is 0 Å². The Balaban J connectivity index is 1.40. The van der Waals surface area contributed by atoms with Crippen molar-refractivity contribution in [3.8, 4) is 0 Å². The van der Waals surface area contributed by atoms with E-state index in [1.165, 1.54) is 6.08 Å². The number of fused-ring (bicyclic) bond motifs is 2. The second-order valence-corrected chi connectivity index (χ2v) is 9.15. The first kappa shape index (κ1) is 24.7. The Morgan fingerprint density at radius 1 is 0.816 bits per heavy atom. The minimum Gasteiger partial charge on any atom is -0.480 e. The SMILES string of the molecule is O=C1C=C(N[C@@H](Cc2ccccc2)C(=O)N[C@@H](Cc2c[nH]c3ccccc23)C(=O)O)C(=O)c2ccccc21. The molecule has 1 aliphatic rings. The first-order chi connectivity index (χ1) is 18.4. The number of para-hydroxylation sites is 1. The van der Waals surface area contributed by atoms with Crippen LogP contribution < -0.4 is 10.6 Å². The maximum atomic E-state index is 13.5. The molecule has 8 heteroatoms. The smallest absolute Gasteiger partial charge is 0.326 e. The van der Waals surface area contributed by atoms with Crippen molar-refractivity contribution in [3.63, 3.8) is 0 Å². The number of aromatic amines is 1. The number of aliphatic carboxylic acids is 1. The Hall–Kier alpha value is -4.98. The van der Waals surface area contributed by atoms with Gasteiger partial charge in [0, 0.05) is 47.1 Å². The van der Waals surface area contributed by atoms with Crippen molar-refractivity contribution in [3.05, 3.63) is 119 Å². The maximum absolute atomic E-state index is 13.5. The average Bonchev–Trinajstić information content (AvgIpc) is 3.34. The standard InChI is InChI=1S/C30H25N3O5/c34-27-16-24(28(35)22-12-5-4-11-21(22)27)32-25(14-18-8-2-1-3-9-18)29(36)33-26(30(37)38)15-19-17-31-23-13-7-6-10-20(19)23/h1-13,16-17,25-26,31-32H,14-15H2,(H,33,36)(H,37,38)/t25-,26-/m0/s1. The van der Waals surface area contributed by atoms with Gasteiger partial charge in [-0.3, -0.25) is 14.4 Å². The fraction of sp³-hybridized carbons (Fsp3) is 0.133. The number of H-pyrrole nitrogens is 1. The number of carbonyl (C=O) groups is 4. The lowest BCUT2D eigenvalue weighted by Gasteiger charge is -2.25. The fourth-order valence-corrected chi connectivity index (χ4v) is 4.66. The van der Waals surface area contributed by atoms with Crippen molar-refractivity contribution >= 4 is 34.3 Å². The number of allylic oxidation sites excluding steroid dienone is 2. The molecule has 38 heavy (non-hydrogen) atoms. The Kier molecular flexibility index (Phi) is 6.86. The highest BCUT2D eigenvalue weighted by Gasteiger charge is 2.31. The summed E-state index contributed by atoms with van der Waals surface area (Å²) in [6.07, 6.45) is 3.17. The molecule has 8 nitrogen and oxygen atoms in total. The number of amides is 1. The minimum atomic E-state index is -1.21. The number of hydrogen-bond donors (Lipinski definition) is 4. The van der Waals surface area contributed by atoms with E-state index in [1.807, 2.05) is 54.6 Å². The van der Waals surface area contributed by atoms with Crippen molar-refractivity contribution < 1.29 is 24.3 Å². The van der Waals surface area contributed by atoms with Crippen molar-refractivity contribution in [2.75, 3.05) is 0 Å². The van der Waals surface area contributed by atoms with E-state index in [-0.39, 0.29) is 29.9 Å². The summed E-state index contributed by atoms with van der Waals surface area (Å²) in [5.74, 6) is -2.52. The van der Waals surface area contributed by atoms with Gasteiger partial charge in [-0.25, -0.2) is 4.79 Å². The summed E-state index contributed by atoms with van der Waals surface area (Å²) >= 11 is 0. The van der Waals surface area contributed by atoms with Gasteiger partial charge in [-0.05, 0) is 17.2 Å². The van der Waals surface area contributed by atoms with Crippen LogP contribution >= 0.6 is 0 Å². The highest BCUT2D eigenvalue weighted by molar-refractivity contribution is 6.24. The zero-order valence-corrected chi connectivity index (χ0v) is 20.3. The van der Waals surface area contributed by atoms with Gasteiger partial charge in [0.15, 0.2) is 5.78 Å². The molecule has 1 aliphatic carbocycles. The van der Waals surface area contributed by atoms with Gasteiger partial charge in [0.1, 0.15) is 12.1 Å². The lowest BCUT2D eigenvalue weighted by atomic mass is 9.92. The third kappa shape index (κ3) is 5.10. The van der Waals surface area contributed by atoms with E-state index in [2.05, 4.69) is 15.6 Å². The maximum Gasteiger partial charge on any atom is 0.326 e. The van der Waals surface area contributed by atoms with Crippen LogP contribution in [-0.2, 0) is 22.4 Å². The lowest BCUT2D eigenvalue weighted by Crippen LogP contribution is -2.52. The Morgan fingerprint density at radius 3 is 2.26 bits per heavy atom. The summed E-state index contributed by atoms with van der Waals surface area (Å²) in [5.41, 5.74) is 2.98. The Labute approximate surface area is 218 Å². The molecule has 1 amide bonds. The van der Waals surface area contributed by atoms with Crippen LogP contribution in [0.2, 0.25) is 0 Å². The van der Waals surface area contributed by atoms with Crippen molar-refractivity contribution in [1.29, 1.82) is 0 Å². The molecule has 0 radical (unpaired) electrons. The number of benzene rings is 3. The van der Waals surface area contributed by atoms with E-state index >= 15 is 0 Å². The van der Waals surface area contributed by atoms with Crippen LogP contribution in [0.3, 0.4) is 0 Å². The predicted octanol–water partition coefficient (Wildman–Crippen LogP) is 3.44. The third-order valence-corrected chi connectivity index (χ3v) is 6.60. The summed E-state index contributed by atoms with van der Waals surface area (Å²) in [5, 5.41) is 16.4. The largest absolute Gasteiger partial charge is 0.480 e. The molecular weight excluding hydrogens is 482 g/mol. The van der Waals surface area contributed by atoms with Crippen LogP contribution in [0.1, 0.15) is 31.8 Å². The minimum absolute atomic E-state index is 0.00622. The molecule has 3 aromatic carbocycles. The van der Waals surface area contributed by atoms with E-state index in [9.17, 15) is 24.3 Å². The zero-order valence-electron chi connectivity index (χ0n) is 20.3. The third-order valence-electron chi connectivity index (χ3n) is 6.60. The van der Waals surface area contributed by atoms with Gasteiger partial charge >= 0.3 is 5.97 Å². The van der Waals surface area contributed by atoms with E-state index in [1.54, 1.807) is 30.5 Å². The molecule has 1 heterocycles. The number of Topliss-reactive ketones (excluding diaryl/α,β-unsaturated/α-hetero) is 1. The molecule has 190 valence electrons. The highest BCUT2D eigenvalue weighted by atomic mass is 16.4. The number of carboxylic acids is 1. The fourth-order valence-electron chi connectivity index (χ4n) is 4.66. The average molecular weight is 508 g/mol. The molecule has 0 saturated carbocycles. The van der Waals surface area contributed by atoms with Gasteiger partial charge < -0.3 is 20.7 Å². The first-order valence-corrected chi connectivity index (χ1v) is 12.2. The van der Waals surface area contributed by atoms with Crippen molar-refractivity contribution in [1.82, 2.24) is 15.6 Å². The monoisotopic (exact) mass is 507 g/mol. The number of hydrogen-bond acceptors (Lipinski definition) is 5. The molecule has 2 atom stereocenters. The van der Waals surface area contributed by atoms with E-state index < -0.39 is 29.7 Å². The van der Waals surface area contributed by atoms with Gasteiger partial charge in [-0.15, -0.1) is 0 Å². The second-order valence-electron chi connectivity index (χ2n) is 9.15. The quantitative estimate of drug-likeness (QED) is 0.275. The van der Waals surface area contributed by atoms with Gasteiger partial charge in [-0.2, -0.15) is 0 Å². The Bertz CT molecular complexity index is 1570. The van der Waals surface area contributed by atoms with Gasteiger partial charge in [0.05, 0.1) is 5.70 Å². The number of rotatable bonds is 9. The first-order valence-electron chi connectivity index (χ1n) is 12.2. The van der Waals surface area contributed by atoms with Crippen molar-refractivity contribution in [2.45, 2.75) is 24.9 Å². The van der Waals surface area contributed by atoms with Gasteiger partial charge in [0.25, 0.3) is 0 Å². The molecular formula is C30H25N3O5. The van der Waals surface area contributed by atoms with Crippen LogP contribution in [0.4, 0.5) is 0 Å². The number of carbonyl (C=O) groups excluding carboxylic acids is 3. The molecule has 0 spiro atoms. The highest BCUT2D eigenvalue weighted by Crippen LogP contribution is 2.22.